The maximum atomic E-state index is 12.7. The molecule has 3 rings (SSSR count). The molecule has 1 aliphatic heterocycles. The van der Waals surface area contributed by atoms with Crippen molar-refractivity contribution in [2.75, 3.05) is 26.2 Å². The van der Waals surface area contributed by atoms with Crippen molar-refractivity contribution in [2.24, 2.45) is 0 Å². The summed E-state index contributed by atoms with van der Waals surface area (Å²) in [5.41, 5.74) is 1.01. The molecule has 2 aromatic rings. The molecule has 6 nitrogen and oxygen atoms in total. The van der Waals surface area contributed by atoms with Gasteiger partial charge in [-0.15, -0.1) is 0 Å². The van der Waals surface area contributed by atoms with E-state index in [9.17, 15) is 13.2 Å². The first-order chi connectivity index (χ1) is 12.5. The average molecular weight is 394 g/mol. The standard InChI is InChI=1S/C18H20ClN3O3S/c19-16-8-4-5-9-17(16)26(24,25)22-12-10-21(11-13-22)18(23)20-14-15-6-2-1-3-7-15/h1-9H,10-14H2,(H,20,23). The molecule has 2 aromatic carbocycles. The summed E-state index contributed by atoms with van der Waals surface area (Å²) in [4.78, 5) is 14.0. The van der Waals surface area contributed by atoms with E-state index in [0.29, 0.717) is 19.6 Å². The summed E-state index contributed by atoms with van der Waals surface area (Å²) in [7, 11) is -3.65. The molecular formula is C18H20ClN3O3S. The SMILES string of the molecule is O=C(NCc1ccccc1)N1CCN(S(=O)(=O)c2ccccc2Cl)CC1. The summed E-state index contributed by atoms with van der Waals surface area (Å²) < 4.78 is 26.8. The molecule has 0 atom stereocenters. The van der Waals surface area contributed by atoms with Gasteiger partial charge in [-0.2, -0.15) is 4.31 Å². The first kappa shape index (κ1) is 18.7. The van der Waals surface area contributed by atoms with Gasteiger partial charge in [0.25, 0.3) is 0 Å². The molecule has 0 spiro atoms. The third-order valence-electron chi connectivity index (χ3n) is 4.27. The number of amides is 2. The Bertz CT molecular complexity index is 866. The van der Waals surface area contributed by atoms with Gasteiger partial charge in [0.15, 0.2) is 0 Å². The predicted molar refractivity (Wildman–Crippen MR) is 100 cm³/mol. The van der Waals surface area contributed by atoms with Gasteiger partial charge in [-0.3, -0.25) is 0 Å². The number of hydrogen-bond acceptors (Lipinski definition) is 3. The number of carbonyl (C=O) groups is 1. The number of halogens is 1. The lowest BCUT2D eigenvalue weighted by Gasteiger charge is -2.34. The molecule has 138 valence electrons. The minimum Gasteiger partial charge on any atom is -0.334 e. The molecule has 0 unspecified atom stereocenters. The van der Waals surface area contributed by atoms with Crippen LogP contribution >= 0.6 is 11.6 Å². The van der Waals surface area contributed by atoms with Crippen LogP contribution in [-0.4, -0.2) is 49.8 Å². The Balaban J connectivity index is 1.57. The van der Waals surface area contributed by atoms with Gasteiger partial charge in [-0.05, 0) is 17.7 Å². The van der Waals surface area contributed by atoms with Gasteiger partial charge in [0.05, 0.1) is 5.02 Å². The number of piperazine rings is 1. The molecule has 2 amide bonds. The van der Waals surface area contributed by atoms with Crippen LogP contribution in [0.5, 0.6) is 0 Å². The largest absolute Gasteiger partial charge is 0.334 e. The molecule has 0 aromatic heterocycles. The van der Waals surface area contributed by atoms with Crippen molar-refractivity contribution >= 4 is 27.7 Å². The van der Waals surface area contributed by atoms with Crippen LogP contribution in [0.4, 0.5) is 4.79 Å². The number of hydrogen-bond donors (Lipinski definition) is 1. The fourth-order valence-electron chi connectivity index (χ4n) is 2.81. The maximum Gasteiger partial charge on any atom is 0.317 e. The zero-order valence-corrected chi connectivity index (χ0v) is 15.7. The van der Waals surface area contributed by atoms with Crippen molar-refractivity contribution in [1.29, 1.82) is 0 Å². The molecular weight excluding hydrogens is 374 g/mol. The molecule has 1 heterocycles. The Morgan fingerprint density at radius 3 is 2.23 bits per heavy atom. The van der Waals surface area contributed by atoms with Gasteiger partial charge >= 0.3 is 6.03 Å². The third kappa shape index (κ3) is 4.17. The molecule has 1 N–H and O–H groups in total. The second kappa shape index (κ2) is 8.07. The normalized spacial score (nSPS) is 15.7. The van der Waals surface area contributed by atoms with Crippen LogP contribution in [0.25, 0.3) is 0 Å². The number of nitrogens with one attached hydrogen (secondary N) is 1. The average Bonchev–Trinajstić information content (AvgIpc) is 2.67. The van der Waals surface area contributed by atoms with E-state index in [1.54, 1.807) is 23.1 Å². The number of carbonyl (C=O) groups excluding carboxylic acids is 1. The Labute approximate surface area is 158 Å². The van der Waals surface area contributed by atoms with E-state index in [0.717, 1.165) is 5.56 Å². The van der Waals surface area contributed by atoms with E-state index in [1.165, 1.54) is 10.4 Å². The lowest BCUT2D eigenvalue weighted by Crippen LogP contribution is -2.53. The van der Waals surface area contributed by atoms with Gasteiger partial charge in [0.1, 0.15) is 4.90 Å². The maximum absolute atomic E-state index is 12.7. The molecule has 8 heteroatoms. The summed E-state index contributed by atoms with van der Waals surface area (Å²) in [6.45, 7) is 1.60. The van der Waals surface area contributed by atoms with Crippen molar-refractivity contribution in [2.45, 2.75) is 11.4 Å². The quantitative estimate of drug-likeness (QED) is 0.867. The van der Waals surface area contributed by atoms with Crippen molar-refractivity contribution in [1.82, 2.24) is 14.5 Å². The zero-order valence-electron chi connectivity index (χ0n) is 14.1. The lowest BCUT2D eigenvalue weighted by molar-refractivity contribution is 0.172. The van der Waals surface area contributed by atoms with Gasteiger partial charge in [-0.25, -0.2) is 13.2 Å². The zero-order chi connectivity index (χ0) is 18.6. The Hall–Kier alpha value is -2.09. The third-order valence-corrected chi connectivity index (χ3v) is 6.67. The number of urea groups is 1. The smallest absolute Gasteiger partial charge is 0.317 e. The molecule has 1 fully saturated rings. The summed E-state index contributed by atoms with van der Waals surface area (Å²) in [6, 6.07) is 15.8. The summed E-state index contributed by atoms with van der Waals surface area (Å²) in [5.74, 6) is 0. The van der Waals surface area contributed by atoms with Crippen LogP contribution in [0.2, 0.25) is 5.02 Å². The highest BCUT2D eigenvalue weighted by Crippen LogP contribution is 2.24. The second-order valence-corrected chi connectivity index (χ2v) is 8.28. The first-order valence-electron chi connectivity index (χ1n) is 8.30. The second-order valence-electron chi connectivity index (χ2n) is 5.97. The monoisotopic (exact) mass is 393 g/mol. The number of nitrogens with zero attached hydrogens (tertiary/aromatic N) is 2. The van der Waals surface area contributed by atoms with E-state index in [-0.39, 0.29) is 29.0 Å². The Morgan fingerprint density at radius 1 is 0.962 bits per heavy atom. The van der Waals surface area contributed by atoms with E-state index in [1.807, 2.05) is 30.3 Å². The van der Waals surface area contributed by atoms with Gasteiger partial charge in [0, 0.05) is 32.7 Å². The topological polar surface area (TPSA) is 69.7 Å². The van der Waals surface area contributed by atoms with Crippen molar-refractivity contribution in [3.8, 4) is 0 Å². The van der Waals surface area contributed by atoms with Gasteiger partial charge in [-0.1, -0.05) is 54.1 Å². The van der Waals surface area contributed by atoms with Crippen molar-refractivity contribution in [3.63, 3.8) is 0 Å². The number of sulfonamides is 1. The van der Waals surface area contributed by atoms with Crippen LogP contribution < -0.4 is 5.32 Å². The fourth-order valence-corrected chi connectivity index (χ4v) is 4.73. The van der Waals surface area contributed by atoms with Crippen molar-refractivity contribution in [3.05, 3.63) is 65.2 Å². The minimum absolute atomic E-state index is 0.101. The number of benzene rings is 2. The van der Waals surface area contributed by atoms with Crippen LogP contribution in [0, 0.1) is 0 Å². The molecule has 0 saturated carbocycles. The van der Waals surface area contributed by atoms with E-state index < -0.39 is 10.0 Å². The van der Waals surface area contributed by atoms with Crippen LogP contribution in [0.3, 0.4) is 0 Å². The molecule has 1 aliphatic rings. The van der Waals surface area contributed by atoms with Crippen LogP contribution in [-0.2, 0) is 16.6 Å². The Morgan fingerprint density at radius 2 is 1.58 bits per heavy atom. The van der Waals surface area contributed by atoms with Crippen molar-refractivity contribution < 1.29 is 13.2 Å². The van der Waals surface area contributed by atoms with Crippen LogP contribution in [0.1, 0.15) is 5.56 Å². The highest BCUT2D eigenvalue weighted by atomic mass is 35.5. The first-order valence-corrected chi connectivity index (χ1v) is 10.1. The number of rotatable bonds is 4. The van der Waals surface area contributed by atoms with Gasteiger partial charge < -0.3 is 10.2 Å². The summed E-state index contributed by atoms with van der Waals surface area (Å²) in [6.07, 6.45) is 0. The minimum atomic E-state index is -3.65. The highest BCUT2D eigenvalue weighted by molar-refractivity contribution is 7.89. The van der Waals surface area contributed by atoms with E-state index in [4.69, 9.17) is 11.6 Å². The molecule has 26 heavy (non-hydrogen) atoms. The molecule has 0 bridgehead atoms. The van der Waals surface area contributed by atoms with E-state index in [2.05, 4.69) is 5.32 Å². The van der Waals surface area contributed by atoms with Crippen LogP contribution in [0.15, 0.2) is 59.5 Å². The van der Waals surface area contributed by atoms with E-state index >= 15 is 0 Å². The molecule has 1 saturated heterocycles. The predicted octanol–water partition coefficient (Wildman–Crippen LogP) is 2.56. The lowest BCUT2D eigenvalue weighted by atomic mass is 10.2. The summed E-state index contributed by atoms with van der Waals surface area (Å²) >= 11 is 6.03. The molecule has 0 radical (unpaired) electrons. The summed E-state index contributed by atoms with van der Waals surface area (Å²) in [5, 5.41) is 3.07. The Kier molecular flexibility index (Phi) is 5.80. The molecule has 0 aliphatic carbocycles. The van der Waals surface area contributed by atoms with Gasteiger partial charge in [0.2, 0.25) is 10.0 Å². The highest BCUT2D eigenvalue weighted by Gasteiger charge is 2.31. The fraction of sp³-hybridized carbons (Fsp3) is 0.278.